The monoisotopic (exact) mass is 418 g/mol. The lowest BCUT2D eigenvalue weighted by Crippen LogP contribution is -2.17. The first-order chi connectivity index (χ1) is 14.8. The predicted molar refractivity (Wildman–Crippen MR) is 108 cm³/mol. The zero-order valence-corrected chi connectivity index (χ0v) is 15.7. The van der Waals surface area contributed by atoms with Gasteiger partial charge < -0.3 is 25.6 Å². The molecule has 154 valence electrons. The number of hydrogen-bond acceptors (Lipinski definition) is 7. The second kappa shape index (κ2) is 7.64. The van der Waals surface area contributed by atoms with Gasteiger partial charge in [-0.15, -0.1) is 0 Å². The van der Waals surface area contributed by atoms with E-state index in [1.807, 2.05) is 0 Å². The van der Waals surface area contributed by atoms with Crippen LogP contribution in [-0.2, 0) is 4.74 Å². The van der Waals surface area contributed by atoms with Crippen molar-refractivity contribution in [2.75, 3.05) is 11.1 Å². The number of carboxylic acid groups (broad SMARTS) is 1. The number of hydrogen-bond donors (Lipinski definition) is 3. The minimum Gasteiger partial charge on any atom is -0.478 e. The summed E-state index contributed by atoms with van der Waals surface area (Å²) in [6, 6.07) is 15.2. The molecule has 1 heterocycles. The van der Waals surface area contributed by atoms with Gasteiger partial charge in [0.25, 0.3) is 5.91 Å². The second-order valence-electron chi connectivity index (χ2n) is 6.58. The fraction of sp³-hybridized carbons (Fsp3) is 0. The topological polar surface area (TPSA) is 145 Å². The highest BCUT2D eigenvalue weighted by Gasteiger charge is 2.33. The van der Waals surface area contributed by atoms with Crippen LogP contribution in [0.2, 0.25) is 0 Å². The van der Waals surface area contributed by atoms with Gasteiger partial charge in [-0.2, -0.15) is 0 Å². The van der Waals surface area contributed by atoms with Crippen LogP contribution in [0.1, 0.15) is 41.4 Å². The van der Waals surface area contributed by atoms with Crippen LogP contribution in [-0.4, -0.2) is 28.9 Å². The normalized spacial score (nSPS) is 12.1. The number of nitrogen functional groups attached to an aromatic ring is 1. The van der Waals surface area contributed by atoms with Crippen LogP contribution in [0.4, 0.5) is 11.4 Å². The van der Waals surface area contributed by atoms with Crippen molar-refractivity contribution in [3.8, 4) is 11.5 Å². The summed E-state index contributed by atoms with van der Waals surface area (Å²) in [5.74, 6) is -2.99. The maximum Gasteiger partial charge on any atom is 0.346 e. The lowest BCUT2D eigenvalue weighted by molar-refractivity contribution is 0.0443. The van der Waals surface area contributed by atoms with E-state index < -0.39 is 29.4 Å². The van der Waals surface area contributed by atoms with E-state index in [9.17, 15) is 24.3 Å². The number of aromatic carboxylic acids is 1. The lowest BCUT2D eigenvalue weighted by Gasteiger charge is -2.10. The molecule has 0 aromatic heterocycles. The summed E-state index contributed by atoms with van der Waals surface area (Å²) in [5, 5.41) is 12.0. The molecule has 3 aromatic rings. The molecule has 1 aliphatic heterocycles. The summed E-state index contributed by atoms with van der Waals surface area (Å²) in [4.78, 5) is 47.6. The number of cyclic esters (lactones) is 2. The number of benzene rings is 3. The fourth-order valence-electron chi connectivity index (χ4n) is 2.97. The SMILES string of the molecule is Nc1ccc(Oc2ccc(NC(=O)c3cc4c(cc3C(=O)O)C(=O)OC4=O)cc2)cc1. The van der Waals surface area contributed by atoms with Crippen molar-refractivity contribution in [1.29, 1.82) is 0 Å². The van der Waals surface area contributed by atoms with Crippen molar-refractivity contribution in [2.45, 2.75) is 0 Å². The van der Waals surface area contributed by atoms with Crippen molar-refractivity contribution >= 4 is 35.2 Å². The number of ether oxygens (including phenoxy) is 2. The minimum atomic E-state index is -1.42. The summed E-state index contributed by atoms with van der Waals surface area (Å²) >= 11 is 0. The van der Waals surface area contributed by atoms with E-state index >= 15 is 0 Å². The molecule has 0 saturated carbocycles. The Kier molecular flexibility index (Phi) is 4.84. The number of carboxylic acids is 1. The molecular formula is C22H14N2O7. The first-order valence-corrected chi connectivity index (χ1v) is 8.94. The Balaban J connectivity index is 1.55. The Morgan fingerprint density at radius 3 is 1.90 bits per heavy atom. The second-order valence-corrected chi connectivity index (χ2v) is 6.58. The molecule has 0 atom stereocenters. The molecule has 0 radical (unpaired) electrons. The Hall–Kier alpha value is -4.66. The standard InChI is InChI=1S/C22H14N2O7/c23-11-1-5-13(6-2-11)30-14-7-3-12(4-8-14)24-19(25)15-9-17-18(10-16(15)20(26)27)22(29)31-21(17)28/h1-10H,23H2,(H,24,25)(H,26,27). The fourth-order valence-corrected chi connectivity index (χ4v) is 2.97. The van der Waals surface area contributed by atoms with Crippen molar-refractivity contribution in [1.82, 2.24) is 0 Å². The molecule has 4 rings (SSSR count). The van der Waals surface area contributed by atoms with Gasteiger partial charge in [0.15, 0.2) is 0 Å². The quantitative estimate of drug-likeness (QED) is 0.325. The molecule has 9 heteroatoms. The number of esters is 2. The third-order valence-electron chi connectivity index (χ3n) is 4.49. The highest BCUT2D eigenvalue weighted by atomic mass is 16.6. The number of carbonyl (C=O) groups excluding carboxylic acids is 3. The molecule has 1 aliphatic rings. The third kappa shape index (κ3) is 3.92. The average Bonchev–Trinajstić information content (AvgIpc) is 3.03. The first-order valence-electron chi connectivity index (χ1n) is 8.94. The number of rotatable bonds is 5. The van der Waals surface area contributed by atoms with Crippen LogP contribution in [0.15, 0.2) is 60.7 Å². The minimum absolute atomic E-state index is 0.160. The van der Waals surface area contributed by atoms with Crippen molar-refractivity contribution in [3.63, 3.8) is 0 Å². The average molecular weight is 418 g/mol. The van der Waals surface area contributed by atoms with Gasteiger partial charge in [0.1, 0.15) is 11.5 Å². The molecule has 0 aliphatic carbocycles. The van der Waals surface area contributed by atoms with Crippen LogP contribution in [0.3, 0.4) is 0 Å². The number of carbonyl (C=O) groups is 4. The molecule has 1 amide bonds. The van der Waals surface area contributed by atoms with Gasteiger partial charge in [-0.1, -0.05) is 0 Å². The summed E-state index contributed by atoms with van der Waals surface area (Å²) in [7, 11) is 0. The van der Waals surface area contributed by atoms with E-state index in [1.54, 1.807) is 48.5 Å². The van der Waals surface area contributed by atoms with Gasteiger partial charge in [0.05, 0.1) is 22.3 Å². The van der Waals surface area contributed by atoms with Gasteiger partial charge >= 0.3 is 17.9 Å². The molecular weight excluding hydrogens is 404 g/mol. The molecule has 9 nitrogen and oxygen atoms in total. The highest BCUT2D eigenvalue weighted by Crippen LogP contribution is 2.27. The number of nitrogens with one attached hydrogen (secondary N) is 1. The third-order valence-corrected chi connectivity index (χ3v) is 4.49. The molecule has 3 aromatic carbocycles. The number of amides is 1. The molecule has 0 unspecified atom stereocenters. The molecule has 0 bridgehead atoms. The summed E-state index contributed by atoms with van der Waals surface area (Å²) in [6.07, 6.45) is 0. The van der Waals surface area contributed by atoms with Crippen LogP contribution in [0, 0.1) is 0 Å². The Bertz CT molecular complexity index is 1230. The Morgan fingerprint density at radius 2 is 1.35 bits per heavy atom. The largest absolute Gasteiger partial charge is 0.478 e. The van der Waals surface area contributed by atoms with E-state index in [1.165, 1.54) is 0 Å². The zero-order chi connectivity index (χ0) is 22.1. The Labute approximate surface area is 175 Å². The molecule has 0 spiro atoms. The lowest BCUT2D eigenvalue weighted by atomic mass is 9.98. The maximum atomic E-state index is 12.7. The van der Waals surface area contributed by atoms with Crippen LogP contribution >= 0.6 is 0 Å². The van der Waals surface area contributed by atoms with E-state index in [-0.39, 0.29) is 16.7 Å². The smallest absolute Gasteiger partial charge is 0.346 e. The summed E-state index contributed by atoms with van der Waals surface area (Å²) in [6.45, 7) is 0. The van der Waals surface area contributed by atoms with E-state index in [4.69, 9.17) is 10.5 Å². The first kappa shape index (κ1) is 19.6. The van der Waals surface area contributed by atoms with Crippen LogP contribution in [0.5, 0.6) is 11.5 Å². The van der Waals surface area contributed by atoms with Crippen LogP contribution in [0.25, 0.3) is 0 Å². The van der Waals surface area contributed by atoms with Crippen molar-refractivity contribution < 1.29 is 33.8 Å². The molecule has 0 fully saturated rings. The zero-order valence-electron chi connectivity index (χ0n) is 15.7. The van der Waals surface area contributed by atoms with Gasteiger partial charge in [-0.25, -0.2) is 14.4 Å². The van der Waals surface area contributed by atoms with Gasteiger partial charge in [0.2, 0.25) is 0 Å². The van der Waals surface area contributed by atoms with E-state index in [0.717, 1.165) is 12.1 Å². The number of nitrogens with two attached hydrogens (primary N) is 1. The Morgan fingerprint density at radius 1 is 0.839 bits per heavy atom. The van der Waals surface area contributed by atoms with Gasteiger partial charge in [-0.3, -0.25) is 4.79 Å². The summed E-state index contributed by atoms with van der Waals surface area (Å²) in [5.41, 5.74) is 5.55. The van der Waals surface area contributed by atoms with Crippen molar-refractivity contribution in [2.24, 2.45) is 0 Å². The van der Waals surface area contributed by atoms with Gasteiger partial charge in [0, 0.05) is 11.4 Å². The molecule has 0 saturated heterocycles. The number of anilines is 2. The molecule has 4 N–H and O–H groups in total. The number of fused-ring (bicyclic) bond motifs is 1. The van der Waals surface area contributed by atoms with Gasteiger partial charge in [-0.05, 0) is 60.7 Å². The van der Waals surface area contributed by atoms with Crippen molar-refractivity contribution in [3.05, 3.63) is 82.9 Å². The predicted octanol–water partition coefficient (Wildman–Crippen LogP) is 3.32. The van der Waals surface area contributed by atoms with Crippen LogP contribution < -0.4 is 15.8 Å². The summed E-state index contributed by atoms with van der Waals surface area (Å²) < 4.78 is 10.1. The van der Waals surface area contributed by atoms with E-state index in [2.05, 4.69) is 10.1 Å². The van der Waals surface area contributed by atoms with E-state index in [0.29, 0.717) is 22.9 Å². The molecule has 31 heavy (non-hydrogen) atoms. The maximum absolute atomic E-state index is 12.7. The highest BCUT2D eigenvalue weighted by molar-refractivity contribution is 6.19.